The minimum Gasteiger partial charge on any atom is -0.463 e. The molecular weight excluding hydrogens is 358 g/mol. The third-order valence-corrected chi connectivity index (χ3v) is 6.48. The number of nitrogens with zero attached hydrogens (tertiary/aromatic N) is 1. The lowest BCUT2D eigenvalue weighted by molar-refractivity contribution is 0.0582. The molecule has 1 atom stereocenters. The molecule has 0 aliphatic carbocycles. The highest BCUT2D eigenvalue weighted by molar-refractivity contribution is 5.78. The summed E-state index contributed by atoms with van der Waals surface area (Å²) in [6.45, 7) is 4.49. The van der Waals surface area contributed by atoms with Crippen LogP contribution in [0.1, 0.15) is 35.3 Å². The molecule has 0 saturated carbocycles. The first-order valence-corrected chi connectivity index (χ1v) is 9.87. The SMILES string of the molecule is CN1c2ccccc2C(C)(C)C12C=Cc1cc(-c3ccc(C=O)cc3)ccc1O2. The molecule has 0 N–H and O–H groups in total. The van der Waals surface area contributed by atoms with Gasteiger partial charge in [-0.25, -0.2) is 0 Å². The van der Waals surface area contributed by atoms with Gasteiger partial charge in [-0.05, 0) is 60.9 Å². The molecule has 1 unspecified atom stereocenters. The van der Waals surface area contributed by atoms with Crippen LogP contribution in [0, 0.1) is 0 Å². The van der Waals surface area contributed by atoms with E-state index in [1.54, 1.807) is 0 Å². The van der Waals surface area contributed by atoms with Crippen LogP contribution in [-0.2, 0) is 5.41 Å². The second kappa shape index (κ2) is 6.08. The lowest BCUT2D eigenvalue weighted by Crippen LogP contribution is -2.58. The molecule has 1 spiro atoms. The van der Waals surface area contributed by atoms with Crippen molar-refractivity contribution in [2.24, 2.45) is 0 Å². The number of rotatable bonds is 2. The molecule has 0 saturated heterocycles. The number of carbonyl (C=O) groups is 1. The molecule has 144 valence electrons. The number of ether oxygens (including phenoxy) is 1. The van der Waals surface area contributed by atoms with Crippen molar-refractivity contribution >= 4 is 18.0 Å². The Bertz CT molecular complexity index is 1140. The molecule has 0 aromatic heterocycles. The van der Waals surface area contributed by atoms with Gasteiger partial charge in [-0.1, -0.05) is 48.5 Å². The van der Waals surface area contributed by atoms with E-state index in [2.05, 4.69) is 80.4 Å². The van der Waals surface area contributed by atoms with E-state index in [0.29, 0.717) is 5.56 Å². The predicted molar refractivity (Wildman–Crippen MR) is 118 cm³/mol. The number of aldehydes is 1. The van der Waals surface area contributed by atoms with Crippen molar-refractivity contribution in [1.82, 2.24) is 0 Å². The zero-order valence-electron chi connectivity index (χ0n) is 16.8. The Morgan fingerprint density at radius 2 is 1.66 bits per heavy atom. The second-order valence-electron chi connectivity index (χ2n) is 8.33. The summed E-state index contributed by atoms with van der Waals surface area (Å²) in [6.07, 6.45) is 5.23. The smallest absolute Gasteiger partial charge is 0.211 e. The average molecular weight is 381 g/mol. The van der Waals surface area contributed by atoms with E-state index in [4.69, 9.17) is 4.74 Å². The summed E-state index contributed by atoms with van der Waals surface area (Å²) in [7, 11) is 2.10. The van der Waals surface area contributed by atoms with Gasteiger partial charge in [0.05, 0.1) is 5.41 Å². The van der Waals surface area contributed by atoms with Gasteiger partial charge in [0.15, 0.2) is 0 Å². The minimum absolute atomic E-state index is 0.199. The molecule has 2 heterocycles. The van der Waals surface area contributed by atoms with Crippen LogP contribution in [0.25, 0.3) is 17.2 Å². The number of benzene rings is 3. The summed E-state index contributed by atoms with van der Waals surface area (Å²) >= 11 is 0. The largest absolute Gasteiger partial charge is 0.463 e. The van der Waals surface area contributed by atoms with E-state index in [1.807, 2.05) is 24.3 Å². The molecule has 3 heteroatoms. The molecule has 5 rings (SSSR count). The van der Waals surface area contributed by atoms with Crippen molar-refractivity contribution in [1.29, 1.82) is 0 Å². The van der Waals surface area contributed by atoms with Crippen molar-refractivity contribution in [2.75, 3.05) is 11.9 Å². The number of likely N-dealkylation sites (N-methyl/N-ethyl adjacent to an activating group) is 1. The number of hydrogen-bond acceptors (Lipinski definition) is 3. The van der Waals surface area contributed by atoms with Crippen LogP contribution in [0.15, 0.2) is 72.8 Å². The van der Waals surface area contributed by atoms with Gasteiger partial charge < -0.3 is 9.64 Å². The summed E-state index contributed by atoms with van der Waals surface area (Å²) in [5, 5.41) is 0. The van der Waals surface area contributed by atoms with Crippen LogP contribution in [-0.4, -0.2) is 19.1 Å². The van der Waals surface area contributed by atoms with Crippen molar-refractivity contribution in [3.05, 3.63) is 89.5 Å². The molecular formula is C26H23NO2. The number of carbonyl (C=O) groups excluding carboxylic acids is 1. The lowest BCUT2D eigenvalue weighted by Gasteiger charge is -2.45. The van der Waals surface area contributed by atoms with E-state index in [1.165, 1.54) is 11.3 Å². The molecule has 2 aliphatic heterocycles. The lowest BCUT2D eigenvalue weighted by atomic mass is 9.76. The summed E-state index contributed by atoms with van der Waals surface area (Å²) in [6, 6.07) is 22.4. The zero-order chi connectivity index (χ0) is 20.2. The molecule has 29 heavy (non-hydrogen) atoms. The first kappa shape index (κ1) is 17.7. The highest BCUT2D eigenvalue weighted by atomic mass is 16.5. The highest BCUT2D eigenvalue weighted by Gasteiger charge is 2.57. The normalized spacial score (nSPS) is 20.9. The van der Waals surface area contributed by atoms with Crippen molar-refractivity contribution in [3.63, 3.8) is 0 Å². The van der Waals surface area contributed by atoms with Gasteiger partial charge in [-0.2, -0.15) is 0 Å². The van der Waals surface area contributed by atoms with Gasteiger partial charge in [0, 0.05) is 23.9 Å². The number of para-hydroxylation sites is 1. The molecule has 0 amide bonds. The Hall–Kier alpha value is -3.33. The third-order valence-electron chi connectivity index (χ3n) is 6.48. The van der Waals surface area contributed by atoms with Gasteiger partial charge in [-0.15, -0.1) is 0 Å². The Kier molecular flexibility index (Phi) is 3.72. The molecule has 3 aromatic rings. The van der Waals surface area contributed by atoms with E-state index < -0.39 is 5.72 Å². The summed E-state index contributed by atoms with van der Waals surface area (Å²) < 4.78 is 6.71. The van der Waals surface area contributed by atoms with Crippen molar-refractivity contribution in [3.8, 4) is 16.9 Å². The number of anilines is 1. The maximum Gasteiger partial charge on any atom is 0.211 e. The van der Waals surface area contributed by atoms with Crippen LogP contribution in [0.4, 0.5) is 5.69 Å². The van der Waals surface area contributed by atoms with Crippen molar-refractivity contribution < 1.29 is 9.53 Å². The van der Waals surface area contributed by atoms with E-state index in [0.717, 1.165) is 28.7 Å². The highest BCUT2D eigenvalue weighted by Crippen LogP contribution is 2.54. The fourth-order valence-electron chi connectivity index (χ4n) is 4.71. The molecule has 3 aromatic carbocycles. The predicted octanol–water partition coefficient (Wildman–Crippen LogP) is 5.70. The van der Waals surface area contributed by atoms with Crippen LogP contribution in [0.3, 0.4) is 0 Å². The van der Waals surface area contributed by atoms with E-state index >= 15 is 0 Å². The van der Waals surface area contributed by atoms with Gasteiger partial charge in [0.25, 0.3) is 0 Å². The molecule has 0 bridgehead atoms. The fourth-order valence-corrected chi connectivity index (χ4v) is 4.71. The second-order valence-corrected chi connectivity index (χ2v) is 8.33. The first-order valence-electron chi connectivity index (χ1n) is 9.87. The summed E-state index contributed by atoms with van der Waals surface area (Å²) in [5.41, 5.74) is 5.67. The Morgan fingerprint density at radius 1 is 0.931 bits per heavy atom. The van der Waals surface area contributed by atoms with Crippen LogP contribution < -0.4 is 9.64 Å². The molecule has 2 aliphatic rings. The van der Waals surface area contributed by atoms with Crippen LogP contribution in [0.5, 0.6) is 5.75 Å². The van der Waals surface area contributed by atoms with Crippen molar-refractivity contribution in [2.45, 2.75) is 25.0 Å². The molecule has 0 radical (unpaired) electrons. The van der Waals surface area contributed by atoms with Crippen LogP contribution in [0.2, 0.25) is 0 Å². The fraction of sp³-hybridized carbons (Fsp3) is 0.192. The molecule has 0 fully saturated rings. The van der Waals surface area contributed by atoms with Gasteiger partial charge in [0.2, 0.25) is 5.72 Å². The average Bonchev–Trinajstić information content (AvgIpc) is 2.92. The Balaban J connectivity index is 1.55. The number of fused-ring (bicyclic) bond motifs is 2. The third kappa shape index (κ3) is 2.40. The minimum atomic E-state index is -0.559. The zero-order valence-corrected chi connectivity index (χ0v) is 16.8. The van der Waals surface area contributed by atoms with E-state index in [9.17, 15) is 4.79 Å². The standard InChI is InChI=1S/C26H23NO2/c1-25(2)22-6-4-5-7-23(22)27(3)26(25)15-14-21-16-20(12-13-24(21)29-26)19-10-8-18(17-28)9-11-19/h4-17H,1-3H3. The first-order chi connectivity index (χ1) is 14.0. The van der Waals surface area contributed by atoms with E-state index in [-0.39, 0.29) is 5.41 Å². The Morgan fingerprint density at radius 3 is 2.38 bits per heavy atom. The monoisotopic (exact) mass is 381 g/mol. The van der Waals surface area contributed by atoms with Gasteiger partial charge >= 0.3 is 0 Å². The number of hydrogen-bond donors (Lipinski definition) is 0. The topological polar surface area (TPSA) is 29.5 Å². The van der Waals surface area contributed by atoms with Gasteiger partial charge in [0.1, 0.15) is 12.0 Å². The van der Waals surface area contributed by atoms with Crippen LogP contribution >= 0.6 is 0 Å². The summed E-state index contributed by atoms with van der Waals surface area (Å²) in [4.78, 5) is 13.1. The van der Waals surface area contributed by atoms with Gasteiger partial charge in [-0.3, -0.25) is 4.79 Å². The molecule has 3 nitrogen and oxygen atoms in total. The maximum atomic E-state index is 10.9. The Labute approximate surface area is 171 Å². The summed E-state index contributed by atoms with van der Waals surface area (Å²) in [5.74, 6) is 0.883. The maximum absolute atomic E-state index is 10.9. The quantitative estimate of drug-likeness (QED) is 0.534.